The molecule has 0 spiro atoms. The summed E-state index contributed by atoms with van der Waals surface area (Å²) in [5.41, 5.74) is 4.46. The maximum atomic E-state index is 12.0. The number of aromatic nitrogens is 2. The van der Waals surface area contributed by atoms with Gasteiger partial charge in [0.2, 0.25) is 0 Å². The Morgan fingerprint density at radius 3 is 3.05 bits per heavy atom. The van der Waals surface area contributed by atoms with Gasteiger partial charge in [-0.15, -0.1) is 0 Å². The van der Waals surface area contributed by atoms with Crippen molar-refractivity contribution in [2.24, 2.45) is 0 Å². The Bertz CT molecular complexity index is 686. The van der Waals surface area contributed by atoms with Gasteiger partial charge in [0.05, 0.1) is 11.0 Å². The number of urea groups is 1. The molecule has 5 heteroatoms. The summed E-state index contributed by atoms with van der Waals surface area (Å²) in [5, 5.41) is 2.93. The predicted molar refractivity (Wildman–Crippen MR) is 83.9 cm³/mol. The summed E-state index contributed by atoms with van der Waals surface area (Å²) in [6, 6.07) is 4.13. The third kappa shape index (κ3) is 2.77. The molecule has 2 N–H and O–H groups in total. The molecule has 0 aliphatic carbocycles. The molecule has 0 fully saturated rings. The van der Waals surface area contributed by atoms with Crippen LogP contribution in [0, 0.1) is 0 Å². The van der Waals surface area contributed by atoms with Gasteiger partial charge in [0.15, 0.2) is 0 Å². The first-order valence-electron chi connectivity index (χ1n) is 7.32. The second kappa shape index (κ2) is 5.60. The first kappa shape index (κ1) is 13.7. The standard InChI is InChI=1S/C16H20N4O/c1-11(2)19-16(21)20-8-5-12(6-9-20)13-10-18-14-4-3-7-17-15(13)14/h3-5,7,10-11,18H,6,8-9H2,1-2H3,(H,19,21). The molecule has 0 radical (unpaired) electrons. The monoisotopic (exact) mass is 284 g/mol. The molecule has 3 heterocycles. The van der Waals surface area contributed by atoms with Crippen molar-refractivity contribution in [1.82, 2.24) is 20.2 Å². The molecule has 5 nitrogen and oxygen atoms in total. The second-order valence-corrected chi connectivity index (χ2v) is 5.63. The van der Waals surface area contributed by atoms with E-state index in [4.69, 9.17) is 0 Å². The van der Waals surface area contributed by atoms with E-state index in [0.29, 0.717) is 6.54 Å². The van der Waals surface area contributed by atoms with Crippen LogP contribution in [0.3, 0.4) is 0 Å². The lowest BCUT2D eigenvalue weighted by Gasteiger charge is -2.27. The Hall–Kier alpha value is -2.30. The average molecular weight is 284 g/mol. The zero-order chi connectivity index (χ0) is 14.8. The van der Waals surface area contributed by atoms with Crippen LogP contribution in [0.1, 0.15) is 25.8 Å². The lowest BCUT2D eigenvalue weighted by Crippen LogP contribution is -2.44. The van der Waals surface area contributed by atoms with Crippen LogP contribution in [0.5, 0.6) is 0 Å². The summed E-state index contributed by atoms with van der Waals surface area (Å²) in [5.74, 6) is 0. The van der Waals surface area contributed by atoms with Gasteiger partial charge >= 0.3 is 6.03 Å². The first-order valence-corrected chi connectivity index (χ1v) is 7.32. The van der Waals surface area contributed by atoms with Gasteiger partial charge in [0.25, 0.3) is 0 Å². The van der Waals surface area contributed by atoms with E-state index in [2.05, 4.69) is 21.4 Å². The van der Waals surface area contributed by atoms with E-state index in [0.717, 1.165) is 29.6 Å². The van der Waals surface area contributed by atoms with Gasteiger partial charge in [-0.3, -0.25) is 4.98 Å². The molecule has 0 saturated heterocycles. The van der Waals surface area contributed by atoms with Crippen LogP contribution in [0.25, 0.3) is 16.6 Å². The summed E-state index contributed by atoms with van der Waals surface area (Å²) < 4.78 is 0. The summed E-state index contributed by atoms with van der Waals surface area (Å²) >= 11 is 0. The van der Waals surface area contributed by atoms with Crippen molar-refractivity contribution in [1.29, 1.82) is 0 Å². The zero-order valence-corrected chi connectivity index (χ0v) is 12.4. The zero-order valence-electron chi connectivity index (χ0n) is 12.4. The van der Waals surface area contributed by atoms with Crippen LogP contribution in [0.4, 0.5) is 4.79 Å². The summed E-state index contributed by atoms with van der Waals surface area (Å²) in [6.07, 6.45) is 6.80. The van der Waals surface area contributed by atoms with Crippen molar-refractivity contribution in [2.45, 2.75) is 26.3 Å². The van der Waals surface area contributed by atoms with Gasteiger partial charge in [-0.2, -0.15) is 0 Å². The molecular formula is C16H20N4O. The van der Waals surface area contributed by atoms with Crippen molar-refractivity contribution in [2.75, 3.05) is 13.1 Å². The molecule has 0 saturated carbocycles. The first-order chi connectivity index (χ1) is 10.1. The maximum absolute atomic E-state index is 12.0. The Labute approximate surface area is 124 Å². The van der Waals surface area contributed by atoms with Crippen molar-refractivity contribution < 1.29 is 4.79 Å². The third-order valence-electron chi connectivity index (χ3n) is 3.69. The number of pyridine rings is 1. The van der Waals surface area contributed by atoms with Crippen LogP contribution in [-0.2, 0) is 0 Å². The Morgan fingerprint density at radius 1 is 1.48 bits per heavy atom. The third-order valence-corrected chi connectivity index (χ3v) is 3.69. The number of fused-ring (bicyclic) bond motifs is 1. The molecule has 1 aliphatic heterocycles. The molecule has 0 aromatic carbocycles. The van der Waals surface area contributed by atoms with Crippen molar-refractivity contribution in [3.63, 3.8) is 0 Å². The highest BCUT2D eigenvalue weighted by molar-refractivity contribution is 5.90. The number of aromatic amines is 1. The largest absolute Gasteiger partial charge is 0.359 e. The van der Waals surface area contributed by atoms with E-state index in [9.17, 15) is 4.79 Å². The fraction of sp³-hybridized carbons (Fsp3) is 0.375. The van der Waals surface area contributed by atoms with Crippen molar-refractivity contribution in [3.8, 4) is 0 Å². The average Bonchev–Trinajstić information content (AvgIpc) is 2.90. The lowest BCUT2D eigenvalue weighted by atomic mass is 10.0. The van der Waals surface area contributed by atoms with E-state index in [1.807, 2.05) is 43.3 Å². The Morgan fingerprint density at radius 2 is 2.33 bits per heavy atom. The van der Waals surface area contributed by atoms with E-state index >= 15 is 0 Å². The predicted octanol–water partition coefficient (Wildman–Crippen LogP) is 2.77. The minimum Gasteiger partial charge on any atom is -0.359 e. The Balaban J connectivity index is 1.77. The van der Waals surface area contributed by atoms with E-state index in [1.54, 1.807) is 0 Å². The molecule has 2 amide bonds. The minimum atomic E-state index is 0.0114. The van der Waals surface area contributed by atoms with Crippen LogP contribution in [-0.4, -0.2) is 40.0 Å². The van der Waals surface area contributed by atoms with Crippen LogP contribution >= 0.6 is 0 Å². The number of hydrogen-bond donors (Lipinski definition) is 2. The number of H-pyrrole nitrogens is 1. The van der Waals surface area contributed by atoms with Gasteiger partial charge in [-0.1, -0.05) is 6.08 Å². The van der Waals surface area contributed by atoms with E-state index < -0.39 is 0 Å². The van der Waals surface area contributed by atoms with Gasteiger partial charge in [-0.25, -0.2) is 4.79 Å². The van der Waals surface area contributed by atoms with E-state index in [1.165, 1.54) is 5.57 Å². The molecule has 0 bridgehead atoms. The molecule has 110 valence electrons. The molecule has 0 unspecified atom stereocenters. The van der Waals surface area contributed by atoms with Crippen LogP contribution < -0.4 is 5.32 Å². The smallest absolute Gasteiger partial charge is 0.317 e. The quantitative estimate of drug-likeness (QED) is 0.890. The minimum absolute atomic E-state index is 0.0114. The van der Waals surface area contributed by atoms with Gasteiger partial charge in [-0.05, 0) is 38.0 Å². The fourth-order valence-corrected chi connectivity index (χ4v) is 2.64. The molecule has 3 rings (SSSR count). The number of nitrogens with zero attached hydrogens (tertiary/aromatic N) is 2. The maximum Gasteiger partial charge on any atom is 0.317 e. The van der Waals surface area contributed by atoms with Gasteiger partial charge in [0.1, 0.15) is 0 Å². The summed E-state index contributed by atoms with van der Waals surface area (Å²) in [6.45, 7) is 5.33. The highest BCUT2D eigenvalue weighted by atomic mass is 16.2. The fourth-order valence-electron chi connectivity index (χ4n) is 2.64. The lowest BCUT2D eigenvalue weighted by molar-refractivity contribution is 0.200. The van der Waals surface area contributed by atoms with Gasteiger partial charge < -0.3 is 15.2 Å². The van der Waals surface area contributed by atoms with Crippen molar-refractivity contribution >= 4 is 22.6 Å². The number of rotatable bonds is 2. The summed E-state index contributed by atoms with van der Waals surface area (Å²) in [7, 11) is 0. The number of carbonyl (C=O) groups excluding carboxylic acids is 1. The number of hydrogen-bond acceptors (Lipinski definition) is 2. The number of nitrogens with one attached hydrogen (secondary N) is 2. The van der Waals surface area contributed by atoms with E-state index in [-0.39, 0.29) is 12.1 Å². The van der Waals surface area contributed by atoms with Gasteiger partial charge in [0, 0.05) is 37.1 Å². The molecular weight excluding hydrogens is 264 g/mol. The highest BCUT2D eigenvalue weighted by Gasteiger charge is 2.19. The molecule has 0 atom stereocenters. The van der Waals surface area contributed by atoms with Crippen LogP contribution in [0.15, 0.2) is 30.6 Å². The number of carbonyl (C=O) groups is 1. The normalized spacial score (nSPS) is 15.4. The number of amides is 2. The molecule has 1 aliphatic rings. The van der Waals surface area contributed by atoms with Crippen LogP contribution in [0.2, 0.25) is 0 Å². The highest BCUT2D eigenvalue weighted by Crippen LogP contribution is 2.27. The molecule has 2 aromatic rings. The SMILES string of the molecule is CC(C)NC(=O)N1CC=C(c2c[nH]c3cccnc23)CC1. The molecule has 2 aromatic heterocycles. The second-order valence-electron chi connectivity index (χ2n) is 5.63. The molecule has 21 heavy (non-hydrogen) atoms. The summed E-state index contributed by atoms with van der Waals surface area (Å²) in [4.78, 5) is 21.5. The van der Waals surface area contributed by atoms with Crippen molar-refractivity contribution in [3.05, 3.63) is 36.2 Å². The Kier molecular flexibility index (Phi) is 3.64. The topological polar surface area (TPSA) is 61.0 Å².